The first-order chi connectivity index (χ1) is 13.1. The summed E-state index contributed by atoms with van der Waals surface area (Å²) in [6.45, 7) is -0.250. The highest BCUT2D eigenvalue weighted by Gasteiger charge is 2.13. The normalized spacial score (nSPS) is 9.07. The maximum atomic E-state index is 10.5. The lowest BCUT2D eigenvalue weighted by atomic mass is 10.1. The fourth-order valence-corrected chi connectivity index (χ4v) is 1.61. The zero-order valence-corrected chi connectivity index (χ0v) is 14.3. The third-order valence-corrected chi connectivity index (χ3v) is 2.87. The Hall–Kier alpha value is -3.76. The van der Waals surface area contributed by atoms with Gasteiger partial charge in [-0.3, -0.25) is 0 Å². The number of hydrogen-bond donors (Lipinski definition) is 6. The maximum Gasteiger partial charge on any atom is 0.336 e. The van der Waals surface area contributed by atoms with Crippen LogP contribution in [0.5, 0.6) is 0 Å². The SMILES string of the molecule is O=C(O)c1ccc(C(=O)O)cc1.O=C(O)c1ccccc1C(=O)O.OCCO. The standard InChI is InChI=1S/2C8H6O4.C2H6O2/c9-7(10)5-1-2-6(4-3-5)8(11)12;9-7(10)5-3-1-2-4-6(5)8(11)12;3-1-2-4/h2*1-4H,(H,9,10)(H,11,12);3-4H,1-2H2. The molecule has 2 rings (SSSR count). The van der Waals surface area contributed by atoms with Crippen LogP contribution in [-0.2, 0) is 0 Å². The molecule has 0 aromatic heterocycles. The second kappa shape index (κ2) is 12.6. The highest BCUT2D eigenvalue weighted by molar-refractivity contribution is 6.01. The van der Waals surface area contributed by atoms with E-state index in [0.29, 0.717) is 0 Å². The molecule has 0 heterocycles. The van der Waals surface area contributed by atoms with Crippen molar-refractivity contribution in [3.63, 3.8) is 0 Å². The van der Waals surface area contributed by atoms with Gasteiger partial charge in [0, 0.05) is 0 Å². The summed E-state index contributed by atoms with van der Waals surface area (Å²) < 4.78 is 0. The van der Waals surface area contributed by atoms with Gasteiger partial charge in [-0.25, -0.2) is 19.2 Å². The number of benzene rings is 2. The molecule has 0 radical (unpaired) electrons. The first-order valence-electron chi connectivity index (χ1n) is 7.49. The molecule has 2 aromatic carbocycles. The fourth-order valence-electron chi connectivity index (χ4n) is 1.61. The van der Waals surface area contributed by atoms with E-state index in [1.54, 1.807) is 0 Å². The number of carboxylic acids is 4. The molecular formula is C18H18O10. The van der Waals surface area contributed by atoms with Gasteiger partial charge in [0.1, 0.15) is 0 Å². The number of hydrogen-bond acceptors (Lipinski definition) is 6. The van der Waals surface area contributed by atoms with E-state index in [9.17, 15) is 19.2 Å². The quantitative estimate of drug-likeness (QED) is 0.429. The Bertz CT molecular complexity index is 743. The first kappa shape index (κ1) is 24.2. The average molecular weight is 394 g/mol. The Morgan fingerprint density at radius 3 is 1.00 bits per heavy atom. The van der Waals surface area contributed by atoms with E-state index in [1.165, 1.54) is 48.5 Å². The van der Waals surface area contributed by atoms with E-state index in [-0.39, 0.29) is 35.5 Å². The molecule has 0 unspecified atom stereocenters. The van der Waals surface area contributed by atoms with Gasteiger partial charge in [0.05, 0.1) is 35.5 Å². The van der Waals surface area contributed by atoms with E-state index in [0.717, 1.165) is 0 Å². The molecule has 0 bridgehead atoms. The van der Waals surface area contributed by atoms with E-state index in [2.05, 4.69) is 0 Å². The molecule has 0 aliphatic heterocycles. The summed E-state index contributed by atoms with van der Waals surface area (Å²) in [6, 6.07) is 10.5. The van der Waals surface area contributed by atoms with Crippen molar-refractivity contribution >= 4 is 23.9 Å². The van der Waals surface area contributed by atoms with Crippen LogP contribution in [0.25, 0.3) is 0 Å². The third kappa shape index (κ3) is 8.56. The first-order valence-corrected chi connectivity index (χ1v) is 7.49. The summed E-state index contributed by atoms with van der Waals surface area (Å²) in [5, 5.41) is 49.3. The smallest absolute Gasteiger partial charge is 0.336 e. The van der Waals surface area contributed by atoms with Crippen molar-refractivity contribution in [2.75, 3.05) is 13.2 Å². The minimum Gasteiger partial charge on any atom is -0.478 e. The Balaban J connectivity index is 0.000000439. The fraction of sp³-hybridized carbons (Fsp3) is 0.111. The predicted octanol–water partition coefficient (Wildman–Crippen LogP) is 1.14. The van der Waals surface area contributed by atoms with Crippen molar-refractivity contribution in [1.29, 1.82) is 0 Å². The van der Waals surface area contributed by atoms with Gasteiger partial charge in [-0.1, -0.05) is 12.1 Å². The Morgan fingerprint density at radius 1 is 0.536 bits per heavy atom. The Morgan fingerprint density at radius 2 is 0.821 bits per heavy atom. The van der Waals surface area contributed by atoms with Crippen LogP contribution in [0.2, 0.25) is 0 Å². The molecule has 0 atom stereocenters. The van der Waals surface area contributed by atoms with E-state index < -0.39 is 23.9 Å². The molecule has 10 nitrogen and oxygen atoms in total. The Kier molecular flexibility index (Phi) is 10.9. The molecule has 0 amide bonds. The molecule has 150 valence electrons. The van der Waals surface area contributed by atoms with Crippen molar-refractivity contribution in [3.05, 3.63) is 70.8 Å². The van der Waals surface area contributed by atoms with E-state index in [4.69, 9.17) is 30.6 Å². The van der Waals surface area contributed by atoms with Crippen molar-refractivity contribution < 1.29 is 49.8 Å². The van der Waals surface area contributed by atoms with Crippen molar-refractivity contribution in [3.8, 4) is 0 Å². The van der Waals surface area contributed by atoms with Gasteiger partial charge in [0.15, 0.2) is 0 Å². The molecule has 0 saturated heterocycles. The van der Waals surface area contributed by atoms with Crippen LogP contribution in [0.15, 0.2) is 48.5 Å². The van der Waals surface area contributed by atoms with Gasteiger partial charge >= 0.3 is 23.9 Å². The van der Waals surface area contributed by atoms with Crippen LogP contribution in [0.4, 0.5) is 0 Å². The molecule has 0 spiro atoms. The lowest BCUT2D eigenvalue weighted by molar-refractivity contribution is 0.0651. The molecule has 2 aromatic rings. The van der Waals surface area contributed by atoms with Crippen LogP contribution in [-0.4, -0.2) is 67.7 Å². The van der Waals surface area contributed by atoms with Crippen LogP contribution < -0.4 is 0 Å². The number of carbonyl (C=O) groups is 4. The summed E-state index contributed by atoms with van der Waals surface area (Å²) in [5.41, 5.74) is -0.213. The summed E-state index contributed by atoms with van der Waals surface area (Å²) in [6.07, 6.45) is 0. The number of aliphatic hydroxyl groups is 2. The second-order valence-electron chi connectivity index (χ2n) is 4.79. The Labute approximate surface area is 158 Å². The summed E-state index contributed by atoms with van der Waals surface area (Å²) in [5.74, 6) is -4.58. The van der Waals surface area contributed by atoms with Crippen LogP contribution in [0.3, 0.4) is 0 Å². The third-order valence-electron chi connectivity index (χ3n) is 2.87. The molecule has 28 heavy (non-hydrogen) atoms. The predicted molar refractivity (Wildman–Crippen MR) is 94.9 cm³/mol. The van der Waals surface area contributed by atoms with Crippen molar-refractivity contribution in [2.24, 2.45) is 0 Å². The highest BCUT2D eigenvalue weighted by atomic mass is 16.4. The zero-order chi connectivity index (χ0) is 21.7. The number of rotatable bonds is 5. The van der Waals surface area contributed by atoms with E-state index in [1.807, 2.05) is 0 Å². The van der Waals surface area contributed by atoms with Gasteiger partial charge in [-0.15, -0.1) is 0 Å². The van der Waals surface area contributed by atoms with Gasteiger partial charge < -0.3 is 30.6 Å². The van der Waals surface area contributed by atoms with Crippen molar-refractivity contribution in [2.45, 2.75) is 0 Å². The molecule has 6 N–H and O–H groups in total. The molecule has 0 saturated carbocycles. The minimum atomic E-state index is -1.23. The largest absolute Gasteiger partial charge is 0.478 e. The number of aliphatic hydroxyl groups excluding tert-OH is 2. The van der Waals surface area contributed by atoms with Gasteiger partial charge in [-0.05, 0) is 36.4 Å². The average Bonchev–Trinajstić information content (AvgIpc) is 2.68. The van der Waals surface area contributed by atoms with E-state index >= 15 is 0 Å². The van der Waals surface area contributed by atoms with Gasteiger partial charge in [0.25, 0.3) is 0 Å². The van der Waals surface area contributed by atoms with Crippen LogP contribution in [0.1, 0.15) is 41.4 Å². The lowest BCUT2D eigenvalue weighted by Crippen LogP contribution is -2.06. The summed E-state index contributed by atoms with van der Waals surface area (Å²) >= 11 is 0. The lowest BCUT2D eigenvalue weighted by Gasteiger charge is -1.98. The summed E-state index contributed by atoms with van der Waals surface area (Å²) in [4.78, 5) is 41.6. The zero-order valence-electron chi connectivity index (χ0n) is 14.3. The molecule has 0 aliphatic carbocycles. The molecule has 0 fully saturated rings. The second-order valence-corrected chi connectivity index (χ2v) is 4.79. The van der Waals surface area contributed by atoms with Gasteiger partial charge in [-0.2, -0.15) is 0 Å². The van der Waals surface area contributed by atoms with Crippen molar-refractivity contribution in [1.82, 2.24) is 0 Å². The number of aromatic carboxylic acids is 4. The molecule has 10 heteroatoms. The summed E-state index contributed by atoms with van der Waals surface area (Å²) in [7, 11) is 0. The number of carboxylic acid groups (broad SMARTS) is 4. The molecule has 0 aliphatic rings. The monoisotopic (exact) mass is 394 g/mol. The topological polar surface area (TPSA) is 190 Å². The van der Waals surface area contributed by atoms with Gasteiger partial charge in [0.2, 0.25) is 0 Å². The van der Waals surface area contributed by atoms with Crippen LogP contribution >= 0.6 is 0 Å². The maximum absolute atomic E-state index is 10.5. The molecular weight excluding hydrogens is 376 g/mol. The minimum absolute atomic E-state index is 0.0833. The highest BCUT2D eigenvalue weighted by Crippen LogP contribution is 2.08. The van der Waals surface area contributed by atoms with Crippen LogP contribution in [0, 0.1) is 0 Å².